The van der Waals surface area contributed by atoms with Crippen LogP contribution in [0, 0.1) is 0 Å². The summed E-state index contributed by atoms with van der Waals surface area (Å²) in [6, 6.07) is 0.463. The maximum absolute atomic E-state index is 9.07. The van der Waals surface area contributed by atoms with Crippen LogP contribution in [0.4, 0.5) is 0 Å². The minimum Gasteiger partial charge on any atom is -0.481 e. The molecular weight excluding hydrogens is 180 g/mol. The Morgan fingerprint density at radius 1 is 1.57 bits per heavy atom. The summed E-state index contributed by atoms with van der Waals surface area (Å²) in [5, 5.41) is 13.3. The number of ether oxygens (including phenoxy) is 1. The second-order valence-electron chi connectivity index (χ2n) is 3.72. The Kier molecular flexibility index (Phi) is 2.72. The molecule has 1 aliphatic carbocycles. The molecule has 0 aromatic carbocycles. The molecule has 0 bridgehead atoms. The van der Waals surface area contributed by atoms with Crippen molar-refractivity contribution < 1.29 is 9.84 Å². The fourth-order valence-electron chi connectivity index (χ4n) is 2.13. The zero-order chi connectivity index (χ0) is 9.97. The third-order valence-corrected chi connectivity index (χ3v) is 2.86. The van der Waals surface area contributed by atoms with Crippen molar-refractivity contribution in [3.63, 3.8) is 0 Å². The Balaban J connectivity index is 2.27. The molecule has 0 aliphatic heterocycles. The number of aliphatic hydroxyl groups excluding tert-OH is 1. The minimum atomic E-state index is -0.00407. The van der Waals surface area contributed by atoms with E-state index in [4.69, 9.17) is 9.84 Å². The molecule has 1 heterocycles. The predicted octanol–water partition coefficient (Wildman–Crippen LogP) is 1.50. The van der Waals surface area contributed by atoms with Crippen molar-refractivity contribution in [3.05, 3.63) is 11.8 Å². The van der Waals surface area contributed by atoms with E-state index in [1.54, 1.807) is 13.3 Å². The van der Waals surface area contributed by atoms with E-state index in [1.165, 1.54) is 25.7 Å². The number of aliphatic hydroxyl groups is 1. The van der Waals surface area contributed by atoms with Crippen LogP contribution < -0.4 is 4.74 Å². The molecule has 0 saturated heterocycles. The van der Waals surface area contributed by atoms with Gasteiger partial charge in [0.1, 0.15) is 0 Å². The topological polar surface area (TPSA) is 47.3 Å². The highest BCUT2D eigenvalue weighted by atomic mass is 16.5. The lowest BCUT2D eigenvalue weighted by molar-refractivity contribution is 0.267. The summed E-state index contributed by atoms with van der Waals surface area (Å²) in [7, 11) is 1.63. The fraction of sp³-hybridized carbons (Fsp3) is 0.700. The summed E-state index contributed by atoms with van der Waals surface area (Å²) in [5.74, 6) is 0.722. The van der Waals surface area contributed by atoms with Crippen LogP contribution in [-0.2, 0) is 6.61 Å². The van der Waals surface area contributed by atoms with Crippen LogP contribution in [0.3, 0.4) is 0 Å². The normalized spacial score (nSPS) is 17.6. The first-order valence-electron chi connectivity index (χ1n) is 5.08. The molecule has 0 atom stereocenters. The molecule has 0 unspecified atom stereocenters. The number of rotatable bonds is 3. The van der Waals surface area contributed by atoms with E-state index < -0.39 is 0 Å². The lowest BCUT2D eigenvalue weighted by atomic mass is 10.2. The highest BCUT2D eigenvalue weighted by molar-refractivity contribution is 5.24. The first-order chi connectivity index (χ1) is 6.86. The second-order valence-corrected chi connectivity index (χ2v) is 3.72. The fourth-order valence-corrected chi connectivity index (χ4v) is 2.13. The number of aromatic nitrogens is 2. The summed E-state index contributed by atoms with van der Waals surface area (Å²) < 4.78 is 7.18. The van der Waals surface area contributed by atoms with Gasteiger partial charge in [0.15, 0.2) is 0 Å². The molecule has 1 N–H and O–H groups in total. The molecule has 1 aromatic heterocycles. The van der Waals surface area contributed by atoms with Crippen LogP contribution in [0.25, 0.3) is 0 Å². The number of nitrogens with zero attached hydrogens (tertiary/aromatic N) is 2. The highest BCUT2D eigenvalue weighted by Gasteiger charge is 2.22. The van der Waals surface area contributed by atoms with Crippen LogP contribution in [0.5, 0.6) is 5.88 Å². The van der Waals surface area contributed by atoms with Crippen molar-refractivity contribution >= 4 is 0 Å². The lowest BCUT2D eigenvalue weighted by Gasteiger charge is -2.13. The molecule has 1 fully saturated rings. The Bertz CT molecular complexity index is 303. The van der Waals surface area contributed by atoms with Gasteiger partial charge in [-0.1, -0.05) is 12.8 Å². The largest absolute Gasteiger partial charge is 0.481 e. The molecule has 0 amide bonds. The predicted molar refractivity (Wildman–Crippen MR) is 52.2 cm³/mol. The zero-order valence-corrected chi connectivity index (χ0v) is 8.44. The summed E-state index contributed by atoms with van der Waals surface area (Å²) in [4.78, 5) is 0. The van der Waals surface area contributed by atoms with E-state index in [2.05, 4.69) is 5.10 Å². The Morgan fingerprint density at radius 3 is 2.86 bits per heavy atom. The van der Waals surface area contributed by atoms with Crippen molar-refractivity contribution in [1.29, 1.82) is 0 Å². The van der Waals surface area contributed by atoms with Gasteiger partial charge in [0, 0.05) is 0 Å². The molecule has 1 aromatic rings. The van der Waals surface area contributed by atoms with Gasteiger partial charge in [-0.25, -0.2) is 4.68 Å². The van der Waals surface area contributed by atoms with Crippen LogP contribution in [-0.4, -0.2) is 22.0 Å². The van der Waals surface area contributed by atoms with Crippen molar-refractivity contribution in [3.8, 4) is 5.88 Å². The van der Waals surface area contributed by atoms with Crippen molar-refractivity contribution in [2.24, 2.45) is 0 Å². The smallest absolute Gasteiger partial charge is 0.217 e. The van der Waals surface area contributed by atoms with Gasteiger partial charge in [-0.15, -0.1) is 0 Å². The van der Waals surface area contributed by atoms with Crippen molar-refractivity contribution in [2.45, 2.75) is 38.3 Å². The summed E-state index contributed by atoms with van der Waals surface area (Å²) in [5.41, 5.74) is 0.777. The van der Waals surface area contributed by atoms with E-state index >= 15 is 0 Å². The number of hydrogen-bond acceptors (Lipinski definition) is 3. The van der Waals surface area contributed by atoms with Crippen LogP contribution in [0.1, 0.15) is 37.3 Å². The Hall–Kier alpha value is -1.03. The monoisotopic (exact) mass is 196 g/mol. The molecule has 14 heavy (non-hydrogen) atoms. The van der Waals surface area contributed by atoms with Gasteiger partial charge >= 0.3 is 0 Å². The molecule has 78 valence electrons. The SMILES string of the molecule is COc1c(CO)cnn1C1CCCC1. The van der Waals surface area contributed by atoms with Crippen molar-refractivity contribution in [1.82, 2.24) is 9.78 Å². The quantitative estimate of drug-likeness (QED) is 0.797. The van der Waals surface area contributed by atoms with Gasteiger partial charge < -0.3 is 9.84 Å². The van der Waals surface area contributed by atoms with Gasteiger partial charge in [-0.2, -0.15) is 5.10 Å². The number of hydrogen-bond donors (Lipinski definition) is 1. The highest BCUT2D eigenvalue weighted by Crippen LogP contribution is 2.33. The Morgan fingerprint density at radius 2 is 2.29 bits per heavy atom. The first kappa shape index (κ1) is 9.52. The van der Waals surface area contributed by atoms with E-state index in [0.717, 1.165) is 11.4 Å². The van der Waals surface area contributed by atoms with E-state index in [-0.39, 0.29) is 6.61 Å². The average Bonchev–Trinajstić information content (AvgIpc) is 2.85. The maximum Gasteiger partial charge on any atom is 0.217 e. The van der Waals surface area contributed by atoms with Crippen molar-refractivity contribution in [2.75, 3.05) is 7.11 Å². The molecular formula is C10H16N2O2. The van der Waals surface area contributed by atoms with Crippen LogP contribution in [0.2, 0.25) is 0 Å². The summed E-state index contributed by atoms with van der Waals surface area (Å²) in [6.45, 7) is -0.00407. The number of methoxy groups -OCH3 is 1. The summed E-state index contributed by atoms with van der Waals surface area (Å²) >= 11 is 0. The minimum absolute atomic E-state index is 0.00407. The maximum atomic E-state index is 9.07. The van der Waals surface area contributed by atoms with Gasteiger partial charge in [0.2, 0.25) is 5.88 Å². The van der Waals surface area contributed by atoms with E-state index in [1.807, 2.05) is 4.68 Å². The standard InChI is InChI=1S/C10H16N2O2/c1-14-10-8(7-13)6-11-12(10)9-4-2-3-5-9/h6,9,13H,2-5,7H2,1H3. The molecule has 4 heteroatoms. The van der Waals surface area contributed by atoms with Crippen LogP contribution >= 0.6 is 0 Å². The molecule has 1 saturated carbocycles. The van der Waals surface area contributed by atoms with Gasteiger partial charge in [0.05, 0.1) is 31.5 Å². The molecule has 4 nitrogen and oxygen atoms in total. The summed E-state index contributed by atoms with van der Waals surface area (Å²) in [6.07, 6.45) is 6.56. The first-order valence-corrected chi connectivity index (χ1v) is 5.08. The van der Waals surface area contributed by atoms with Gasteiger partial charge in [-0.05, 0) is 12.8 Å². The van der Waals surface area contributed by atoms with Crippen LogP contribution in [0.15, 0.2) is 6.20 Å². The third-order valence-electron chi connectivity index (χ3n) is 2.86. The van der Waals surface area contributed by atoms with Gasteiger partial charge in [-0.3, -0.25) is 0 Å². The van der Waals surface area contributed by atoms with E-state index in [0.29, 0.717) is 6.04 Å². The van der Waals surface area contributed by atoms with E-state index in [9.17, 15) is 0 Å². The Labute approximate surface area is 83.5 Å². The third kappa shape index (κ3) is 1.50. The molecule has 2 rings (SSSR count). The second kappa shape index (κ2) is 4.00. The lowest BCUT2D eigenvalue weighted by Crippen LogP contribution is -2.08. The van der Waals surface area contributed by atoms with Gasteiger partial charge in [0.25, 0.3) is 0 Å². The average molecular weight is 196 g/mol. The molecule has 0 spiro atoms. The molecule has 1 aliphatic rings. The molecule has 0 radical (unpaired) electrons. The zero-order valence-electron chi connectivity index (χ0n) is 8.44.